The van der Waals surface area contributed by atoms with E-state index in [-0.39, 0.29) is 0 Å². The normalized spacial score (nSPS) is 10.3. The van der Waals surface area contributed by atoms with Crippen molar-refractivity contribution in [2.45, 2.75) is 26.7 Å². The van der Waals surface area contributed by atoms with E-state index in [1.165, 1.54) is 0 Å². The number of pyridine rings is 1. The fraction of sp³-hybridized carbons (Fsp3) is 0.429. The van der Waals surface area contributed by atoms with Crippen molar-refractivity contribution in [2.24, 2.45) is 0 Å². The van der Waals surface area contributed by atoms with E-state index in [9.17, 15) is 0 Å². The van der Waals surface area contributed by atoms with Gasteiger partial charge >= 0.3 is 6.01 Å². The Kier molecular flexibility index (Phi) is 5.23. The fourth-order valence-electron chi connectivity index (χ4n) is 1.54. The van der Waals surface area contributed by atoms with Crippen LogP contribution in [0.3, 0.4) is 0 Å². The molecule has 0 spiro atoms. The number of rotatable bonds is 7. The molecule has 20 heavy (non-hydrogen) atoms. The zero-order valence-corrected chi connectivity index (χ0v) is 11.8. The van der Waals surface area contributed by atoms with Gasteiger partial charge in [-0.05, 0) is 25.0 Å². The van der Waals surface area contributed by atoms with Gasteiger partial charge in [0.1, 0.15) is 5.69 Å². The molecule has 0 saturated carbocycles. The summed E-state index contributed by atoms with van der Waals surface area (Å²) in [5.74, 6) is 1.04. The van der Waals surface area contributed by atoms with Gasteiger partial charge in [-0.25, -0.2) is 0 Å². The fourth-order valence-corrected chi connectivity index (χ4v) is 1.54. The molecule has 0 atom stereocenters. The molecule has 0 radical (unpaired) electrons. The Morgan fingerprint density at radius 2 is 2.00 bits per heavy atom. The van der Waals surface area contributed by atoms with E-state index in [0.29, 0.717) is 30.1 Å². The third-order valence-electron chi connectivity index (χ3n) is 2.48. The van der Waals surface area contributed by atoms with Crippen molar-refractivity contribution in [1.82, 2.24) is 19.9 Å². The predicted molar refractivity (Wildman–Crippen MR) is 77.6 cm³/mol. The molecule has 0 aromatic carbocycles. The highest BCUT2D eigenvalue weighted by molar-refractivity contribution is 5.50. The van der Waals surface area contributed by atoms with Crippen LogP contribution in [0.15, 0.2) is 24.4 Å². The van der Waals surface area contributed by atoms with Crippen LogP contribution < -0.4 is 10.1 Å². The second-order valence-corrected chi connectivity index (χ2v) is 4.26. The summed E-state index contributed by atoms with van der Waals surface area (Å²) in [7, 11) is 0. The summed E-state index contributed by atoms with van der Waals surface area (Å²) in [6, 6.07) is 5.96. The summed E-state index contributed by atoms with van der Waals surface area (Å²) in [6.45, 7) is 5.51. The van der Waals surface area contributed by atoms with E-state index in [1.54, 1.807) is 6.20 Å². The number of anilines is 1. The Hall–Kier alpha value is -2.24. The predicted octanol–water partition coefficient (Wildman–Crippen LogP) is 2.54. The lowest BCUT2D eigenvalue weighted by molar-refractivity contribution is 0.292. The maximum absolute atomic E-state index is 5.51. The van der Waals surface area contributed by atoms with Crippen LogP contribution in [0.1, 0.15) is 26.7 Å². The van der Waals surface area contributed by atoms with Crippen molar-refractivity contribution in [3.63, 3.8) is 0 Å². The van der Waals surface area contributed by atoms with Gasteiger partial charge < -0.3 is 10.1 Å². The van der Waals surface area contributed by atoms with E-state index in [4.69, 9.17) is 4.74 Å². The van der Waals surface area contributed by atoms with E-state index in [0.717, 1.165) is 19.4 Å². The molecule has 6 nitrogen and oxygen atoms in total. The van der Waals surface area contributed by atoms with Gasteiger partial charge in [-0.3, -0.25) is 4.98 Å². The SMILES string of the molecule is CCCNc1nc(OCCC)nc(-c2ccccn2)n1. The molecular formula is C14H19N5O. The molecule has 0 saturated heterocycles. The van der Waals surface area contributed by atoms with E-state index >= 15 is 0 Å². The van der Waals surface area contributed by atoms with Crippen LogP contribution in [0.25, 0.3) is 11.5 Å². The van der Waals surface area contributed by atoms with Crippen molar-refractivity contribution in [3.05, 3.63) is 24.4 Å². The summed E-state index contributed by atoms with van der Waals surface area (Å²) in [5.41, 5.74) is 0.704. The first-order chi connectivity index (χ1) is 9.83. The van der Waals surface area contributed by atoms with Gasteiger partial charge in [0, 0.05) is 12.7 Å². The summed E-state index contributed by atoms with van der Waals surface area (Å²) in [6.07, 6.45) is 3.61. The number of nitrogens with one attached hydrogen (secondary N) is 1. The Balaban J connectivity index is 2.29. The Morgan fingerprint density at radius 3 is 2.70 bits per heavy atom. The molecule has 1 N–H and O–H groups in total. The largest absolute Gasteiger partial charge is 0.463 e. The maximum Gasteiger partial charge on any atom is 0.321 e. The first-order valence-electron chi connectivity index (χ1n) is 6.87. The quantitative estimate of drug-likeness (QED) is 0.835. The lowest BCUT2D eigenvalue weighted by Gasteiger charge is -2.08. The van der Waals surface area contributed by atoms with Crippen LogP contribution in [-0.2, 0) is 0 Å². The Bertz CT molecular complexity index is 506. The molecule has 0 aliphatic carbocycles. The number of ether oxygens (including phenoxy) is 1. The maximum atomic E-state index is 5.51. The third-order valence-corrected chi connectivity index (χ3v) is 2.48. The van der Waals surface area contributed by atoms with Crippen LogP contribution in [0.4, 0.5) is 5.95 Å². The molecule has 0 unspecified atom stereocenters. The monoisotopic (exact) mass is 273 g/mol. The van der Waals surface area contributed by atoms with E-state index < -0.39 is 0 Å². The van der Waals surface area contributed by atoms with Crippen LogP contribution in [-0.4, -0.2) is 33.1 Å². The number of nitrogens with zero attached hydrogens (tertiary/aromatic N) is 4. The highest BCUT2D eigenvalue weighted by Crippen LogP contribution is 2.16. The average molecular weight is 273 g/mol. The van der Waals surface area contributed by atoms with Crippen LogP contribution in [0, 0.1) is 0 Å². The minimum absolute atomic E-state index is 0.334. The van der Waals surface area contributed by atoms with Gasteiger partial charge in [0.05, 0.1) is 6.61 Å². The number of hydrogen-bond donors (Lipinski definition) is 1. The molecule has 6 heteroatoms. The number of hydrogen-bond acceptors (Lipinski definition) is 6. The van der Waals surface area contributed by atoms with Gasteiger partial charge in [-0.1, -0.05) is 19.9 Å². The molecule has 0 fully saturated rings. The van der Waals surface area contributed by atoms with Crippen LogP contribution in [0.2, 0.25) is 0 Å². The first-order valence-corrected chi connectivity index (χ1v) is 6.87. The van der Waals surface area contributed by atoms with Crippen LogP contribution >= 0.6 is 0 Å². The van der Waals surface area contributed by atoms with Gasteiger partial charge in [0.2, 0.25) is 5.95 Å². The van der Waals surface area contributed by atoms with Crippen molar-refractivity contribution in [2.75, 3.05) is 18.5 Å². The van der Waals surface area contributed by atoms with E-state index in [2.05, 4.69) is 32.2 Å². The molecule has 2 heterocycles. The zero-order chi connectivity index (χ0) is 14.2. The molecule has 0 aliphatic rings. The lowest BCUT2D eigenvalue weighted by atomic mass is 10.3. The van der Waals surface area contributed by atoms with Crippen molar-refractivity contribution in [1.29, 1.82) is 0 Å². The molecule has 0 aliphatic heterocycles. The second kappa shape index (κ2) is 7.37. The summed E-state index contributed by atoms with van der Waals surface area (Å²) in [5, 5.41) is 3.15. The highest BCUT2D eigenvalue weighted by Gasteiger charge is 2.09. The zero-order valence-electron chi connectivity index (χ0n) is 11.8. The second-order valence-electron chi connectivity index (χ2n) is 4.26. The van der Waals surface area contributed by atoms with E-state index in [1.807, 2.05) is 25.1 Å². The van der Waals surface area contributed by atoms with Gasteiger partial charge in [0.15, 0.2) is 5.82 Å². The first kappa shape index (κ1) is 14.2. The molecule has 0 amide bonds. The van der Waals surface area contributed by atoms with Crippen molar-refractivity contribution in [3.8, 4) is 17.5 Å². The van der Waals surface area contributed by atoms with Gasteiger partial charge in [0.25, 0.3) is 0 Å². The molecular weight excluding hydrogens is 254 g/mol. The summed E-state index contributed by atoms with van der Waals surface area (Å²) >= 11 is 0. The van der Waals surface area contributed by atoms with Gasteiger partial charge in [-0.2, -0.15) is 15.0 Å². The minimum Gasteiger partial charge on any atom is -0.463 e. The molecule has 2 rings (SSSR count). The smallest absolute Gasteiger partial charge is 0.321 e. The molecule has 2 aromatic heterocycles. The standard InChI is InChI=1S/C14H19N5O/c1-3-8-16-13-17-12(11-7-5-6-9-15-11)18-14(19-13)20-10-4-2/h5-7,9H,3-4,8,10H2,1-2H3,(H,16,17,18,19). The number of aromatic nitrogens is 4. The van der Waals surface area contributed by atoms with Crippen molar-refractivity contribution < 1.29 is 4.74 Å². The Labute approximate surface area is 118 Å². The molecule has 0 bridgehead atoms. The molecule has 106 valence electrons. The summed E-state index contributed by atoms with van der Waals surface area (Å²) < 4.78 is 5.51. The lowest BCUT2D eigenvalue weighted by Crippen LogP contribution is -2.09. The van der Waals surface area contributed by atoms with Crippen LogP contribution in [0.5, 0.6) is 6.01 Å². The third kappa shape index (κ3) is 3.88. The summed E-state index contributed by atoms with van der Waals surface area (Å²) in [4.78, 5) is 17.2. The highest BCUT2D eigenvalue weighted by atomic mass is 16.5. The van der Waals surface area contributed by atoms with Crippen molar-refractivity contribution >= 4 is 5.95 Å². The average Bonchev–Trinajstić information content (AvgIpc) is 2.51. The minimum atomic E-state index is 0.334. The topological polar surface area (TPSA) is 72.8 Å². The Morgan fingerprint density at radius 1 is 1.10 bits per heavy atom. The van der Waals surface area contributed by atoms with Gasteiger partial charge in [-0.15, -0.1) is 0 Å². The molecule has 2 aromatic rings.